The van der Waals surface area contributed by atoms with Crippen molar-refractivity contribution in [2.45, 2.75) is 19.8 Å². The number of hydrogen-bond donors (Lipinski definition) is 1. The van der Waals surface area contributed by atoms with E-state index in [1.165, 1.54) is 6.07 Å². The van der Waals surface area contributed by atoms with Gasteiger partial charge in [-0.1, -0.05) is 12.1 Å². The van der Waals surface area contributed by atoms with Crippen molar-refractivity contribution in [3.8, 4) is 0 Å². The number of amides is 1. The van der Waals surface area contributed by atoms with E-state index in [0.717, 1.165) is 18.1 Å². The number of carbonyl (C=O) groups is 1. The molecule has 3 rings (SSSR count). The maximum Gasteiger partial charge on any atom is 0.243 e. The zero-order valence-corrected chi connectivity index (χ0v) is 12.9. The Labute approximate surface area is 133 Å². The number of fused-ring (bicyclic) bond motifs is 1. The van der Waals surface area contributed by atoms with E-state index in [1.54, 1.807) is 4.90 Å². The molecule has 0 radical (unpaired) electrons. The summed E-state index contributed by atoms with van der Waals surface area (Å²) in [6, 6.07) is 9.71. The number of nitrogens with zero attached hydrogens (tertiary/aromatic N) is 1. The van der Waals surface area contributed by atoms with E-state index < -0.39 is 11.6 Å². The average Bonchev–Trinajstić information content (AvgIpc) is 2.46. The second-order valence-electron chi connectivity index (χ2n) is 5.84. The number of hydrogen-bond acceptors (Lipinski definition) is 2. The first-order valence-corrected chi connectivity index (χ1v) is 7.62. The number of rotatable bonds is 3. The molecular formula is C18H18F2N2O. The number of aryl methyl sites for hydroxylation is 2. The van der Waals surface area contributed by atoms with Crippen molar-refractivity contribution in [3.05, 3.63) is 59.2 Å². The molecule has 3 nitrogen and oxygen atoms in total. The third-order valence-electron chi connectivity index (χ3n) is 3.93. The molecule has 23 heavy (non-hydrogen) atoms. The lowest BCUT2D eigenvalue weighted by molar-refractivity contribution is -0.115. The van der Waals surface area contributed by atoms with E-state index in [0.29, 0.717) is 29.9 Å². The molecule has 0 unspecified atom stereocenters. The summed E-state index contributed by atoms with van der Waals surface area (Å²) in [5.41, 5.74) is 2.73. The Hall–Kier alpha value is -2.43. The van der Waals surface area contributed by atoms with E-state index in [-0.39, 0.29) is 12.5 Å². The van der Waals surface area contributed by atoms with Crippen LogP contribution in [-0.2, 0) is 11.2 Å². The van der Waals surface area contributed by atoms with E-state index in [2.05, 4.69) is 5.32 Å². The molecule has 0 spiro atoms. The van der Waals surface area contributed by atoms with Gasteiger partial charge in [0.1, 0.15) is 11.6 Å². The van der Waals surface area contributed by atoms with E-state index in [4.69, 9.17) is 0 Å². The van der Waals surface area contributed by atoms with Gasteiger partial charge in [-0.3, -0.25) is 4.79 Å². The molecule has 1 N–H and O–H groups in total. The maximum absolute atomic E-state index is 14.1. The Morgan fingerprint density at radius 2 is 2.09 bits per heavy atom. The highest BCUT2D eigenvalue weighted by molar-refractivity contribution is 5.94. The average molecular weight is 316 g/mol. The standard InChI is InChI=1S/C18H18F2N2O/c1-12-4-2-6-15(8-12)21-17(23)11-22-7-3-5-13-9-14(19)10-16(20)18(13)22/h2,4,6,8-10H,3,5,7,11H2,1H3,(H,21,23). The van der Waals surface area contributed by atoms with Crippen LogP contribution in [0, 0.1) is 18.6 Å². The van der Waals surface area contributed by atoms with E-state index in [1.807, 2.05) is 31.2 Å². The zero-order valence-electron chi connectivity index (χ0n) is 12.9. The van der Waals surface area contributed by atoms with Gasteiger partial charge < -0.3 is 10.2 Å². The number of carbonyl (C=O) groups excluding carboxylic acids is 1. The van der Waals surface area contributed by atoms with Gasteiger partial charge in [0, 0.05) is 18.3 Å². The largest absolute Gasteiger partial charge is 0.360 e. The van der Waals surface area contributed by atoms with Crippen LogP contribution in [0.4, 0.5) is 20.2 Å². The molecule has 120 valence electrons. The molecular weight excluding hydrogens is 298 g/mol. The summed E-state index contributed by atoms with van der Waals surface area (Å²) in [5.74, 6) is -1.40. The molecule has 1 aliphatic heterocycles. The zero-order chi connectivity index (χ0) is 16.4. The number of halogens is 2. The van der Waals surface area contributed by atoms with Crippen molar-refractivity contribution in [1.29, 1.82) is 0 Å². The Kier molecular flexibility index (Phi) is 4.28. The van der Waals surface area contributed by atoms with E-state index >= 15 is 0 Å². The van der Waals surface area contributed by atoms with Crippen molar-refractivity contribution in [1.82, 2.24) is 0 Å². The van der Waals surface area contributed by atoms with Gasteiger partial charge in [0.05, 0.1) is 12.2 Å². The van der Waals surface area contributed by atoms with Crippen LogP contribution in [0.1, 0.15) is 17.5 Å². The molecule has 5 heteroatoms. The molecule has 0 fully saturated rings. The predicted octanol–water partition coefficient (Wildman–Crippen LogP) is 3.66. The lowest BCUT2D eigenvalue weighted by atomic mass is 10.0. The fourth-order valence-electron chi connectivity index (χ4n) is 2.99. The molecule has 0 atom stereocenters. The monoisotopic (exact) mass is 316 g/mol. The Morgan fingerprint density at radius 1 is 1.26 bits per heavy atom. The van der Waals surface area contributed by atoms with Gasteiger partial charge in [-0.2, -0.15) is 0 Å². The van der Waals surface area contributed by atoms with Crippen molar-refractivity contribution >= 4 is 17.3 Å². The quantitative estimate of drug-likeness (QED) is 0.937. The normalized spacial score (nSPS) is 13.6. The van der Waals surface area contributed by atoms with Crippen LogP contribution in [-0.4, -0.2) is 19.0 Å². The lowest BCUT2D eigenvalue weighted by Gasteiger charge is -2.31. The summed E-state index contributed by atoms with van der Waals surface area (Å²) >= 11 is 0. The van der Waals surface area contributed by atoms with E-state index in [9.17, 15) is 13.6 Å². The number of nitrogens with one attached hydrogen (secondary N) is 1. The van der Waals surface area contributed by atoms with Gasteiger partial charge in [-0.05, 0) is 49.1 Å². The molecule has 0 saturated heterocycles. The second-order valence-corrected chi connectivity index (χ2v) is 5.84. The molecule has 0 aliphatic carbocycles. The number of anilines is 2. The number of benzene rings is 2. The Bertz CT molecular complexity index is 746. The fraction of sp³-hybridized carbons (Fsp3) is 0.278. The molecule has 0 bridgehead atoms. The van der Waals surface area contributed by atoms with Gasteiger partial charge in [0.25, 0.3) is 0 Å². The van der Waals surface area contributed by atoms with Gasteiger partial charge in [-0.15, -0.1) is 0 Å². The smallest absolute Gasteiger partial charge is 0.243 e. The minimum absolute atomic E-state index is 0.0451. The highest BCUT2D eigenvalue weighted by Gasteiger charge is 2.23. The minimum atomic E-state index is -0.608. The summed E-state index contributed by atoms with van der Waals surface area (Å²) in [5, 5.41) is 2.81. The highest BCUT2D eigenvalue weighted by Crippen LogP contribution is 2.30. The summed E-state index contributed by atoms with van der Waals surface area (Å²) in [4.78, 5) is 13.9. The lowest BCUT2D eigenvalue weighted by Crippen LogP contribution is -2.37. The molecule has 1 heterocycles. The first-order valence-electron chi connectivity index (χ1n) is 7.62. The molecule has 2 aromatic carbocycles. The van der Waals surface area contributed by atoms with Crippen molar-refractivity contribution < 1.29 is 13.6 Å². The van der Waals surface area contributed by atoms with Crippen molar-refractivity contribution in [3.63, 3.8) is 0 Å². The van der Waals surface area contributed by atoms with Gasteiger partial charge in [0.15, 0.2) is 0 Å². The van der Waals surface area contributed by atoms with Crippen LogP contribution in [0.5, 0.6) is 0 Å². The Morgan fingerprint density at radius 3 is 2.87 bits per heavy atom. The molecule has 2 aromatic rings. The summed E-state index contributed by atoms with van der Waals surface area (Å²) < 4.78 is 27.4. The predicted molar refractivity (Wildman–Crippen MR) is 86.7 cm³/mol. The van der Waals surface area contributed by atoms with Gasteiger partial charge >= 0.3 is 0 Å². The Balaban J connectivity index is 1.76. The van der Waals surface area contributed by atoms with Crippen molar-refractivity contribution in [2.24, 2.45) is 0 Å². The summed E-state index contributed by atoms with van der Waals surface area (Å²) in [6.07, 6.45) is 1.40. The molecule has 1 amide bonds. The summed E-state index contributed by atoms with van der Waals surface area (Å²) in [7, 11) is 0. The SMILES string of the molecule is Cc1cccc(NC(=O)CN2CCCc3cc(F)cc(F)c32)c1. The first kappa shape index (κ1) is 15.5. The summed E-state index contributed by atoms with van der Waals surface area (Å²) in [6.45, 7) is 2.57. The first-order chi connectivity index (χ1) is 11.0. The third kappa shape index (κ3) is 3.50. The maximum atomic E-state index is 14.1. The molecule has 1 aliphatic rings. The second kappa shape index (κ2) is 6.36. The van der Waals surface area contributed by atoms with Crippen LogP contribution in [0.25, 0.3) is 0 Å². The molecule has 0 aromatic heterocycles. The van der Waals surface area contributed by atoms with Gasteiger partial charge in [-0.25, -0.2) is 8.78 Å². The van der Waals surface area contributed by atoms with Crippen LogP contribution < -0.4 is 10.2 Å². The highest BCUT2D eigenvalue weighted by atomic mass is 19.1. The van der Waals surface area contributed by atoms with Crippen LogP contribution in [0.2, 0.25) is 0 Å². The van der Waals surface area contributed by atoms with Crippen LogP contribution in [0.15, 0.2) is 36.4 Å². The topological polar surface area (TPSA) is 32.3 Å². The minimum Gasteiger partial charge on any atom is -0.360 e. The van der Waals surface area contributed by atoms with Gasteiger partial charge in [0.2, 0.25) is 5.91 Å². The van der Waals surface area contributed by atoms with Crippen LogP contribution in [0.3, 0.4) is 0 Å². The van der Waals surface area contributed by atoms with Crippen molar-refractivity contribution in [2.75, 3.05) is 23.3 Å². The van der Waals surface area contributed by atoms with Crippen LogP contribution >= 0.6 is 0 Å². The molecule has 0 saturated carbocycles. The third-order valence-corrected chi connectivity index (χ3v) is 3.93. The fourth-order valence-corrected chi connectivity index (χ4v) is 2.99.